The number of nitrogens with two attached hydrogens (primary N) is 2. The number of nitrogens with zero attached hydrogens (tertiary/aromatic N) is 1. The molecule has 41 heavy (non-hydrogen) atoms. The highest BCUT2D eigenvalue weighted by Crippen LogP contribution is 2.36. The molecule has 0 bridgehead atoms. The summed E-state index contributed by atoms with van der Waals surface area (Å²) in [5.74, 6) is -2.30. The Morgan fingerprint density at radius 2 is 1.61 bits per heavy atom. The molecule has 1 heterocycles. The van der Waals surface area contributed by atoms with Gasteiger partial charge in [-0.05, 0) is 46.2 Å². The molecule has 0 spiro atoms. The average molecular weight is 568 g/mol. The second kappa shape index (κ2) is 10.5. The quantitative estimate of drug-likeness (QED) is 0.139. The monoisotopic (exact) mass is 567 g/mol. The number of sulfone groups is 1. The van der Waals surface area contributed by atoms with Gasteiger partial charge in [0.15, 0.2) is 0 Å². The van der Waals surface area contributed by atoms with Crippen LogP contribution in [0.3, 0.4) is 0 Å². The van der Waals surface area contributed by atoms with E-state index in [2.05, 4.69) is 10.3 Å². The van der Waals surface area contributed by atoms with E-state index in [0.717, 1.165) is 5.56 Å². The molecule has 0 radical (unpaired) electrons. The molecule has 0 aliphatic rings. The molecule has 1 unspecified atom stereocenters. The van der Waals surface area contributed by atoms with Crippen LogP contribution < -0.4 is 16.8 Å². The highest BCUT2D eigenvalue weighted by atomic mass is 32.2. The minimum absolute atomic E-state index is 0.0665. The van der Waals surface area contributed by atoms with Gasteiger partial charge in [-0.25, -0.2) is 13.2 Å². The molecule has 0 saturated carbocycles. The summed E-state index contributed by atoms with van der Waals surface area (Å²) in [4.78, 5) is 26.8. The van der Waals surface area contributed by atoms with E-state index >= 15 is 0 Å². The van der Waals surface area contributed by atoms with Gasteiger partial charge in [-0.15, -0.1) is 0 Å². The first-order valence-corrected chi connectivity index (χ1v) is 13.9. The van der Waals surface area contributed by atoms with Crippen LogP contribution in [0, 0.1) is 5.41 Å². The zero-order valence-corrected chi connectivity index (χ0v) is 22.4. The summed E-state index contributed by atoms with van der Waals surface area (Å²) in [5.41, 5.74) is 13.2. The van der Waals surface area contributed by atoms with Gasteiger partial charge in [0.05, 0.1) is 10.4 Å². The summed E-state index contributed by atoms with van der Waals surface area (Å²) in [7, 11) is -4.75. The molecule has 1 amide bonds. The Labute approximate surface area is 235 Å². The van der Waals surface area contributed by atoms with Crippen LogP contribution in [0.1, 0.15) is 27.0 Å². The maximum absolute atomic E-state index is 13.9. The van der Waals surface area contributed by atoms with Gasteiger partial charge in [-0.2, -0.15) is 0 Å². The lowest BCUT2D eigenvalue weighted by atomic mass is 9.98. The first-order valence-electron chi connectivity index (χ1n) is 12.4. The van der Waals surface area contributed by atoms with Crippen LogP contribution in [0.5, 0.6) is 0 Å². The summed E-state index contributed by atoms with van der Waals surface area (Å²) in [5, 5.41) is 22.0. The van der Waals surface area contributed by atoms with Gasteiger partial charge in [0.25, 0.3) is 5.91 Å². The van der Waals surface area contributed by atoms with E-state index < -0.39 is 26.6 Å². The van der Waals surface area contributed by atoms with Crippen LogP contribution in [0.2, 0.25) is 0 Å². The van der Waals surface area contributed by atoms with Gasteiger partial charge >= 0.3 is 5.97 Å². The fraction of sp³-hybridized carbons (Fsp3) is 0.0667. The van der Waals surface area contributed by atoms with Gasteiger partial charge in [0.1, 0.15) is 5.84 Å². The molecule has 0 aliphatic carbocycles. The molecular weight excluding hydrogens is 542 g/mol. The van der Waals surface area contributed by atoms with E-state index in [-0.39, 0.29) is 33.9 Å². The summed E-state index contributed by atoms with van der Waals surface area (Å²) < 4.78 is 27.9. The summed E-state index contributed by atoms with van der Waals surface area (Å²) in [6.07, 6.45) is 1.42. The number of amides is 1. The van der Waals surface area contributed by atoms with Crippen molar-refractivity contribution in [3.63, 3.8) is 0 Å². The molecule has 0 saturated heterocycles. The Balaban J connectivity index is 1.55. The predicted octanol–water partition coefficient (Wildman–Crippen LogP) is 3.27. The molecule has 11 heteroatoms. The van der Waals surface area contributed by atoms with Crippen molar-refractivity contribution in [3.8, 4) is 0 Å². The Hall–Kier alpha value is -5.13. The van der Waals surface area contributed by atoms with Crippen LogP contribution in [0.25, 0.3) is 21.7 Å². The van der Waals surface area contributed by atoms with E-state index in [1.807, 2.05) is 0 Å². The topological polar surface area (TPSA) is 189 Å². The van der Waals surface area contributed by atoms with Crippen molar-refractivity contribution >= 4 is 49.2 Å². The standard InChI is InChI=1S/C30H25N5O5S/c31-27(32)21-11-9-18(10-12-21)17-35-28(36)23-7-1-4-19-13-14-22(16-24(19)23)30(33,29(37)38)41(39,40)25-8-2-5-20-6-3-15-34-26(20)25/h1-16H,17,33H2,(H3,31,32)(H,35,36)(H,37,38). The van der Waals surface area contributed by atoms with Crippen LogP contribution in [-0.2, 0) is 26.0 Å². The first-order chi connectivity index (χ1) is 19.5. The van der Waals surface area contributed by atoms with E-state index in [1.54, 1.807) is 60.7 Å². The third-order valence-electron chi connectivity index (χ3n) is 6.90. The number of para-hydroxylation sites is 1. The number of aromatic nitrogens is 1. The van der Waals surface area contributed by atoms with E-state index in [0.29, 0.717) is 21.7 Å². The van der Waals surface area contributed by atoms with Crippen LogP contribution in [-0.4, -0.2) is 36.2 Å². The minimum atomic E-state index is -4.75. The predicted molar refractivity (Wildman–Crippen MR) is 155 cm³/mol. The molecule has 0 aliphatic heterocycles. The van der Waals surface area contributed by atoms with Gasteiger partial charge in [0, 0.05) is 29.3 Å². The fourth-order valence-corrected chi connectivity index (χ4v) is 6.34. The number of fused-ring (bicyclic) bond motifs is 2. The summed E-state index contributed by atoms with van der Waals surface area (Å²) in [6, 6.07) is 23.7. The van der Waals surface area contributed by atoms with Gasteiger partial charge < -0.3 is 16.2 Å². The largest absolute Gasteiger partial charge is 0.479 e. The van der Waals surface area contributed by atoms with Gasteiger partial charge in [-0.3, -0.25) is 20.9 Å². The summed E-state index contributed by atoms with van der Waals surface area (Å²) in [6.45, 7) is 0.172. The van der Waals surface area contributed by atoms with E-state index in [1.165, 1.54) is 36.5 Å². The van der Waals surface area contributed by atoms with E-state index in [9.17, 15) is 23.1 Å². The molecular formula is C30H25N5O5S. The number of carbonyl (C=O) groups excluding carboxylic acids is 1. The molecule has 10 nitrogen and oxygen atoms in total. The number of nitrogens with one attached hydrogen (secondary N) is 2. The fourth-order valence-electron chi connectivity index (χ4n) is 4.64. The number of benzene rings is 4. The van der Waals surface area contributed by atoms with E-state index in [4.69, 9.17) is 16.9 Å². The number of aliphatic carboxylic acids is 1. The van der Waals surface area contributed by atoms with Crippen molar-refractivity contribution < 1.29 is 23.1 Å². The number of amidine groups is 1. The van der Waals surface area contributed by atoms with Crippen LogP contribution in [0.4, 0.5) is 0 Å². The molecule has 1 aromatic heterocycles. The second-order valence-corrected chi connectivity index (χ2v) is 11.5. The molecule has 5 rings (SSSR count). The first kappa shape index (κ1) is 27.4. The molecule has 7 N–H and O–H groups in total. The number of rotatable bonds is 8. The third kappa shape index (κ3) is 4.77. The number of carboxylic acid groups (broad SMARTS) is 1. The maximum Gasteiger partial charge on any atom is 0.344 e. The number of pyridine rings is 1. The van der Waals surface area contributed by atoms with Crippen LogP contribution >= 0.6 is 0 Å². The third-order valence-corrected chi connectivity index (χ3v) is 9.07. The zero-order valence-electron chi connectivity index (χ0n) is 21.5. The lowest BCUT2D eigenvalue weighted by Gasteiger charge is -2.26. The highest BCUT2D eigenvalue weighted by molar-refractivity contribution is 7.93. The SMILES string of the molecule is N=C(N)c1ccc(CNC(=O)c2cccc3ccc(C(N)(C(=O)O)S(=O)(=O)c4cccc5cccnc45)cc23)cc1. The number of hydrogen-bond donors (Lipinski definition) is 5. The molecule has 1 atom stereocenters. The Kier molecular flexibility index (Phi) is 6.99. The number of nitrogen functional groups attached to an aromatic ring is 1. The average Bonchev–Trinajstić information content (AvgIpc) is 2.98. The number of carboxylic acids is 1. The Morgan fingerprint density at radius 3 is 2.32 bits per heavy atom. The number of carbonyl (C=O) groups is 2. The van der Waals surface area contributed by atoms with Crippen molar-refractivity contribution in [1.29, 1.82) is 5.41 Å². The van der Waals surface area contributed by atoms with Gasteiger partial charge in [0.2, 0.25) is 14.7 Å². The van der Waals surface area contributed by atoms with Crippen molar-refractivity contribution in [2.75, 3.05) is 0 Å². The van der Waals surface area contributed by atoms with Crippen molar-refractivity contribution in [2.24, 2.45) is 11.5 Å². The number of hydrogen-bond acceptors (Lipinski definition) is 7. The van der Waals surface area contributed by atoms with Crippen molar-refractivity contribution in [2.45, 2.75) is 16.3 Å². The summed E-state index contributed by atoms with van der Waals surface area (Å²) >= 11 is 0. The minimum Gasteiger partial charge on any atom is -0.479 e. The molecule has 206 valence electrons. The molecule has 5 aromatic rings. The highest BCUT2D eigenvalue weighted by Gasteiger charge is 2.51. The maximum atomic E-state index is 13.9. The van der Waals surface area contributed by atoms with Gasteiger partial charge in [-0.1, -0.05) is 66.7 Å². The lowest BCUT2D eigenvalue weighted by Crippen LogP contribution is -2.51. The smallest absolute Gasteiger partial charge is 0.344 e. The molecule has 0 fully saturated rings. The van der Waals surface area contributed by atoms with Crippen molar-refractivity contribution in [1.82, 2.24) is 10.3 Å². The normalized spacial score (nSPS) is 13.0. The lowest BCUT2D eigenvalue weighted by molar-refractivity contribution is -0.140. The van der Waals surface area contributed by atoms with Crippen molar-refractivity contribution in [3.05, 3.63) is 119 Å². The Morgan fingerprint density at radius 1 is 0.927 bits per heavy atom. The zero-order chi connectivity index (χ0) is 29.4. The second-order valence-electron chi connectivity index (χ2n) is 9.41. The Bertz CT molecular complexity index is 1950. The van der Waals surface area contributed by atoms with Crippen LogP contribution in [0.15, 0.2) is 102 Å². The molecule has 4 aromatic carbocycles.